The summed E-state index contributed by atoms with van der Waals surface area (Å²) in [5.74, 6) is -0.838. The number of rotatable bonds is 6. The third kappa shape index (κ3) is 3.90. The number of anilines is 1. The van der Waals surface area contributed by atoms with Gasteiger partial charge in [0.2, 0.25) is 5.91 Å². The zero-order chi connectivity index (χ0) is 12.0. The summed E-state index contributed by atoms with van der Waals surface area (Å²) in [6, 6.07) is 3.67. The van der Waals surface area contributed by atoms with Crippen molar-refractivity contribution in [2.75, 3.05) is 24.6 Å². The standard InChI is InChI=1S/C10H14N2O3S/c1-2-15-10(14)7-12(6-8(11)13)9-4-3-5-16-9/h3-5H,2,6-7H2,1H3,(H2,11,13). The smallest absolute Gasteiger partial charge is 0.325 e. The van der Waals surface area contributed by atoms with Gasteiger partial charge in [0.15, 0.2) is 0 Å². The Labute approximate surface area is 97.8 Å². The Kier molecular flexibility index (Phi) is 4.78. The topological polar surface area (TPSA) is 72.6 Å². The zero-order valence-electron chi connectivity index (χ0n) is 9.01. The lowest BCUT2D eigenvalue weighted by atomic mass is 10.4. The number of amides is 1. The average Bonchev–Trinajstić information content (AvgIpc) is 2.68. The number of hydrogen-bond donors (Lipinski definition) is 1. The van der Waals surface area contributed by atoms with Crippen molar-refractivity contribution in [3.63, 3.8) is 0 Å². The minimum atomic E-state index is -0.474. The molecule has 2 N–H and O–H groups in total. The van der Waals surface area contributed by atoms with E-state index in [0.717, 1.165) is 5.00 Å². The number of carbonyl (C=O) groups is 2. The van der Waals surface area contributed by atoms with Crippen molar-refractivity contribution in [2.24, 2.45) is 5.73 Å². The van der Waals surface area contributed by atoms with Gasteiger partial charge in [0.1, 0.15) is 6.54 Å². The molecule has 1 amide bonds. The monoisotopic (exact) mass is 242 g/mol. The first kappa shape index (κ1) is 12.5. The van der Waals surface area contributed by atoms with Crippen LogP contribution in [-0.2, 0) is 14.3 Å². The predicted molar refractivity (Wildman–Crippen MR) is 62.4 cm³/mol. The summed E-state index contributed by atoms with van der Waals surface area (Å²) in [6.45, 7) is 2.12. The third-order valence-electron chi connectivity index (χ3n) is 1.79. The van der Waals surface area contributed by atoms with E-state index in [0.29, 0.717) is 6.61 Å². The maximum absolute atomic E-state index is 11.3. The number of nitrogens with two attached hydrogens (primary N) is 1. The molecule has 5 nitrogen and oxygen atoms in total. The molecule has 6 heteroatoms. The van der Waals surface area contributed by atoms with Gasteiger partial charge in [0.25, 0.3) is 0 Å². The fraction of sp³-hybridized carbons (Fsp3) is 0.400. The molecule has 0 radical (unpaired) electrons. The first-order valence-corrected chi connectivity index (χ1v) is 5.73. The maximum Gasteiger partial charge on any atom is 0.325 e. The number of primary amides is 1. The molecule has 0 saturated carbocycles. The van der Waals surface area contributed by atoms with Crippen LogP contribution >= 0.6 is 11.3 Å². The largest absolute Gasteiger partial charge is 0.465 e. The van der Waals surface area contributed by atoms with Crippen molar-refractivity contribution < 1.29 is 14.3 Å². The number of hydrogen-bond acceptors (Lipinski definition) is 5. The second-order valence-electron chi connectivity index (χ2n) is 3.08. The zero-order valence-corrected chi connectivity index (χ0v) is 9.83. The van der Waals surface area contributed by atoms with Gasteiger partial charge in [-0.1, -0.05) is 0 Å². The molecule has 0 spiro atoms. The molecule has 0 bridgehead atoms. The SMILES string of the molecule is CCOC(=O)CN(CC(N)=O)c1cccs1. The summed E-state index contributed by atoms with van der Waals surface area (Å²) in [7, 11) is 0. The predicted octanol–water partition coefficient (Wildman–Crippen LogP) is 0.603. The lowest BCUT2D eigenvalue weighted by molar-refractivity contribution is -0.141. The molecule has 1 rings (SSSR count). The van der Waals surface area contributed by atoms with Crippen LogP contribution in [-0.4, -0.2) is 31.6 Å². The second-order valence-corrected chi connectivity index (χ2v) is 4.00. The molecule has 0 saturated heterocycles. The molecular formula is C10H14N2O3S. The molecule has 0 atom stereocenters. The Morgan fingerprint density at radius 2 is 2.25 bits per heavy atom. The van der Waals surface area contributed by atoms with E-state index < -0.39 is 5.91 Å². The Morgan fingerprint density at radius 3 is 2.75 bits per heavy atom. The van der Waals surface area contributed by atoms with Crippen LogP contribution in [0, 0.1) is 0 Å². The van der Waals surface area contributed by atoms with Crippen LogP contribution in [0.25, 0.3) is 0 Å². The van der Waals surface area contributed by atoms with E-state index in [1.807, 2.05) is 17.5 Å². The number of thiophene rings is 1. The quantitative estimate of drug-likeness (QED) is 0.741. The second kappa shape index (κ2) is 6.12. The number of ether oxygens (including phenoxy) is 1. The lowest BCUT2D eigenvalue weighted by Gasteiger charge is -2.19. The van der Waals surface area contributed by atoms with Gasteiger partial charge < -0.3 is 15.4 Å². The van der Waals surface area contributed by atoms with Gasteiger partial charge in [-0.05, 0) is 24.4 Å². The van der Waals surface area contributed by atoms with Crippen molar-refractivity contribution in [1.29, 1.82) is 0 Å². The lowest BCUT2D eigenvalue weighted by Crippen LogP contribution is -2.37. The summed E-state index contributed by atoms with van der Waals surface area (Å²) >= 11 is 1.44. The van der Waals surface area contributed by atoms with Crippen LogP contribution in [0.2, 0.25) is 0 Å². The molecule has 1 aromatic heterocycles. The van der Waals surface area contributed by atoms with Crippen LogP contribution in [0.1, 0.15) is 6.92 Å². The van der Waals surface area contributed by atoms with Crippen LogP contribution in [0.5, 0.6) is 0 Å². The number of nitrogens with zero attached hydrogens (tertiary/aromatic N) is 1. The van der Waals surface area contributed by atoms with E-state index in [4.69, 9.17) is 10.5 Å². The number of carbonyl (C=O) groups excluding carboxylic acids is 2. The highest BCUT2D eigenvalue weighted by Gasteiger charge is 2.15. The highest BCUT2D eigenvalue weighted by Crippen LogP contribution is 2.20. The van der Waals surface area contributed by atoms with Crippen molar-refractivity contribution in [2.45, 2.75) is 6.92 Å². The highest BCUT2D eigenvalue weighted by atomic mass is 32.1. The van der Waals surface area contributed by atoms with E-state index in [2.05, 4.69) is 0 Å². The normalized spacial score (nSPS) is 9.81. The Morgan fingerprint density at radius 1 is 1.50 bits per heavy atom. The van der Waals surface area contributed by atoms with Gasteiger partial charge in [0.05, 0.1) is 18.2 Å². The Balaban J connectivity index is 2.65. The molecule has 16 heavy (non-hydrogen) atoms. The van der Waals surface area contributed by atoms with Gasteiger partial charge in [0, 0.05) is 0 Å². The number of esters is 1. The third-order valence-corrected chi connectivity index (χ3v) is 2.72. The minimum absolute atomic E-state index is 0.0132. The summed E-state index contributed by atoms with van der Waals surface area (Å²) in [5.41, 5.74) is 5.12. The molecule has 0 aliphatic heterocycles. The van der Waals surface area contributed by atoms with E-state index in [9.17, 15) is 9.59 Å². The van der Waals surface area contributed by atoms with Gasteiger partial charge in [-0.3, -0.25) is 9.59 Å². The molecule has 0 aliphatic rings. The Bertz CT molecular complexity index is 351. The van der Waals surface area contributed by atoms with E-state index in [1.165, 1.54) is 11.3 Å². The fourth-order valence-corrected chi connectivity index (χ4v) is 1.94. The van der Waals surface area contributed by atoms with Crippen molar-refractivity contribution in [3.8, 4) is 0 Å². The maximum atomic E-state index is 11.3. The van der Waals surface area contributed by atoms with Crippen LogP contribution in [0.15, 0.2) is 17.5 Å². The van der Waals surface area contributed by atoms with E-state index >= 15 is 0 Å². The van der Waals surface area contributed by atoms with Gasteiger partial charge in [-0.15, -0.1) is 11.3 Å². The van der Waals surface area contributed by atoms with E-state index in [-0.39, 0.29) is 19.1 Å². The summed E-state index contributed by atoms with van der Waals surface area (Å²) in [4.78, 5) is 23.8. The van der Waals surface area contributed by atoms with Crippen LogP contribution in [0.4, 0.5) is 5.00 Å². The van der Waals surface area contributed by atoms with Crippen LogP contribution < -0.4 is 10.6 Å². The molecule has 0 fully saturated rings. The first-order valence-electron chi connectivity index (χ1n) is 4.86. The molecular weight excluding hydrogens is 228 g/mol. The fourth-order valence-electron chi connectivity index (χ4n) is 1.21. The van der Waals surface area contributed by atoms with Crippen LogP contribution in [0.3, 0.4) is 0 Å². The molecule has 0 unspecified atom stereocenters. The summed E-state index contributed by atoms with van der Waals surface area (Å²) in [5, 5.41) is 2.70. The first-order chi connectivity index (χ1) is 7.63. The molecule has 0 aromatic carbocycles. The molecule has 88 valence electrons. The van der Waals surface area contributed by atoms with Gasteiger partial charge >= 0.3 is 5.97 Å². The summed E-state index contributed by atoms with van der Waals surface area (Å²) in [6.07, 6.45) is 0. The summed E-state index contributed by atoms with van der Waals surface area (Å²) < 4.78 is 4.82. The molecule has 1 heterocycles. The average molecular weight is 242 g/mol. The van der Waals surface area contributed by atoms with Gasteiger partial charge in [-0.25, -0.2) is 0 Å². The van der Waals surface area contributed by atoms with Crippen molar-refractivity contribution >= 4 is 28.2 Å². The minimum Gasteiger partial charge on any atom is -0.465 e. The Hall–Kier alpha value is -1.56. The van der Waals surface area contributed by atoms with Gasteiger partial charge in [-0.2, -0.15) is 0 Å². The van der Waals surface area contributed by atoms with E-state index in [1.54, 1.807) is 11.8 Å². The molecule has 0 aliphatic carbocycles. The highest BCUT2D eigenvalue weighted by molar-refractivity contribution is 7.14. The van der Waals surface area contributed by atoms with Crippen molar-refractivity contribution in [3.05, 3.63) is 17.5 Å². The van der Waals surface area contributed by atoms with Crippen molar-refractivity contribution in [1.82, 2.24) is 0 Å². The molecule has 1 aromatic rings.